The molecule has 0 aliphatic heterocycles. The van der Waals surface area contributed by atoms with Crippen molar-refractivity contribution in [2.24, 2.45) is 17.3 Å². The summed E-state index contributed by atoms with van der Waals surface area (Å²) in [5.41, 5.74) is 0.799. The van der Waals surface area contributed by atoms with Gasteiger partial charge in [0.25, 0.3) is 0 Å². The van der Waals surface area contributed by atoms with Gasteiger partial charge in [-0.2, -0.15) is 0 Å². The number of benzene rings is 1. The molecule has 0 heterocycles. The van der Waals surface area contributed by atoms with Gasteiger partial charge in [-0.15, -0.1) is 0 Å². The Kier molecular flexibility index (Phi) is 4.66. The van der Waals surface area contributed by atoms with E-state index >= 15 is 0 Å². The van der Waals surface area contributed by atoms with Gasteiger partial charge in [-0.25, -0.2) is 0 Å². The van der Waals surface area contributed by atoms with E-state index < -0.39 is 5.41 Å². The van der Waals surface area contributed by atoms with Crippen molar-refractivity contribution < 1.29 is 14.3 Å². The van der Waals surface area contributed by atoms with E-state index in [1.165, 1.54) is 12.0 Å². The summed E-state index contributed by atoms with van der Waals surface area (Å²) in [5.74, 6) is 0.586. The second kappa shape index (κ2) is 6.93. The maximum Gasteiger partial charge on any atom is 0.310 e. The topological polar surface area (TPSA) is 43.4 Å². The van der Waals surface area contributed by atoms with Gasteiger partial charge in [0.05, 0.1) is 5.92 Å². The monoisotopic (exact) mass is 340 g/mol. The van der Waals surface area contributed by atoms with Crippen molar-refractivity contribution in [2.45, 2.75) is 70.3 Å². The van der Waals surface area contributed by atoms with Gasteiger partial charge in [0.15, 0.2) is 0 Å². The molecule has 3 heteroatoms. The minimum atomic E-state index is -0.398. The van der Waals surface area contributed by atoms with E-state index in [1.807, 2.05) is 18.2 Å². The van der Waals surface area contributed by atoms with Gasteiger partial charge >= 0.3 is 5.97 Å². The van der Waals surface area contributed by atoms with Crippen LogP contribution in [0.5, 0.6) is 0 Å². The molecule has 3 nitrogen and oxygen atoms in total. The van der Waals surface area contributed by atoms with Crippen LogP contribution in [0.25, 0.3) is 0 Å². The Hall–Kier alpha value is -1.64. The first-order valence-corrected chi connectivity index (χ1v) is 9.95. The van der Waals surface area contributed by atoms with Gasteiger partial charge in [0, 0.05) is 11.8 Å². The van der Waals surface area contributed by atoms with E-state index in [-0.39, 0.29) is 23.8 Å². The minimum absolute atomic E-state index is 0.0834. The number of hydrogen-bond donors (Lipinski definition) is 0. The van der Waals surface area contributed by atoms with E-state index in [1.54, 1.807) is 0 Å². The Bertz CT molecular complexity index is 624. The molecule has 5 rings (SSSR count). The summed E-state index contributed by atoms with van der Waals surface area (Å²) in [7, 11) is 0. The smallest absolute Gasteiger partial charge is 0.310 e. The van der Waals surface area contributed by atoms with Crippen molar-refractivity contribution in [1.82, 2.24) is 0 Å². The van der Waals surface area contributed by atoms with Crippen molar-refractivity contribution >= 4 is 11.8 Å². The number of carbonyl (C=O) groups excluding carboxylic acids is 2. The third-order valence-corrected chi connectivity index (χ3v) is 6.70. The normalized spacial score (nSPS) is 31.4. The summed E-state index contributed by atoms with van der Waals surface area (Å²) in [6, 6.07) is 10.2. The highest BCUT2D eigenvalue weighted by Crippen LogP contribution is 2.63. The van der Waals surface area contributed by atoms with Crippen LogP contribution in [0.1, 0.15) is 63.4 Å². The van der Waals surface area contributed by atoms with Crippen LogP contribution in [-0.4, -0.2) is 17.9 Å². The molecule has 1 aromatic rings. The second-order valence-electron chi connectivity index (χ2n) is 8.32. The van der Waals surface area contributed by atoms with E-state index in [0.717, 1.165) is 51.4 Å². The van der Waals surface area contributed by atoms with E-state index in [2.05, 4.69) is 12.1 Å². The number of rotatable bonds is 6. The maximum atomic E-state index is 13.0. The van der Waals surface area contributed by atoms with Gasteiger partial charge in [-0.1, -0.05) is 36.8 Å². The third-order valence-electron chi connectivity index (χ3n) is 6.70. The fourth-order valence-corrected chi connectivity index (χ4v) is 5.31. The van der Waals surface area contributed by atoms with Gasteiger partial charge in [-0.05, 0) is 62.8 Å². The largest absolute Gasteiger partial charge is 0.462 e. The molecular weight excluding hydrogens is 312 g/mol. The summed E-state index contributed by atoms with van der Waals surface area (Å²) < 4.78 is 5.82. The summed E-state index contributed by atoms with van der Waals surface area (Å²) in [4.78, 5) is 25.7. The quantitative estimate of drug-likeness (QED) is 0.717. The molecule has 1 aromatic carbocycles. The molecule has 0 N–H and O–H groups in total. The molecule has 4 aliphatic rings. The van der Waals surface area contributed by atoms with Gasteiger partial charge in [-0.3, -0.25) is 9.59 Å². The number of esters is 1. The van der Waals surface area contributed by atoms with Crippen LogP contribution in [0.3, 0.4) is 0 Å². The Labute approximate surface area is 150 Å². The fraction of sp³-hybridized carbons (Fsp3) is 0.636. The molecule has 1 atom stereocenters. The Morgan fingerprint density at radius 2 is 1.76 bits per heavy atom. The highest BCUT2D eigenvalue weighted by Gasteiger charge is 2.63. The Morgan fingerprint density at radius 1 is 1.04 bits per heavy atom. The average molecular weight is 340 g/mol. The molecule has 0 amide bonds. The highest BCUT2D eigenvalue weighted by atomic mass is 16.5. The van der Waals surface area contributed by atoms with Crippen LogP contribution in [0, 0.1) is 17.3 Å². The number of ether oxygens (including phenoxy) is 1. The molecule has 4 saturated carbocycles. The minimum Gasteiger partial charge on any atom is -0.462 e. The lowest BCUT2D eigenvalue weighted by atomic mass is 9.63. The molecule has 4 aliphatic carbocycles. The number of Topliss-reactive ketones (excluding diaryl/α,β-unsaturated/α-hetero) is 1. The lowest BCUT2D eigenvalue weighted by Gasteiger charge is -2.39. The Balaban J connectivity index is 1.37. The third kappa shape index (κ3) is 3.26. The average Bonchev–Trinajstić information content (AvgIpc) is 3.18. The number of hydrogen-bond acceptors (Lipinski definition) is 3. The highest BCUT2D eigenvalue weighted by molar-refractivity contribution is 5.92. The predicted octanol–water partition coefficient (Wildman–Crippen LogP) is 4.48. The molecule has 0 aromatic heterocycles. The lowest BCUT2D eigenvalue weighted by Crippen LogP contribution is -2.44. The van der Waals surface area contributed by atoms with Crippen molar-refractivity contribution in [2.75, 3.05) is 0 Å². The number of ketones is 1. The first-order chi connectivity index (χ1) is 12.2. The summed E-state index contributed by atoms with van der Waals surface area (Å²) in [5, 5.41) is 0. The van der Waals surface area contributed by atoms with Crippen molar-refractivity contribution in [3.63, 3.8) is 0 Å². The van der Waals surface area contributed by atoms with Crippen LogP contribution >= 0.6 is 0 Å². The molecule has 134 valence electrons. The zero-order chi connectivity index (χ0) is 17.3. The zero-order valence-electron chi connectivity index (χ0n) is 14.9. The molecule has 0 spiro atoms. The van der Waals surface area contributed by atoms with Crippen molar-refractivity contribution in [1.29, 1.82) is 0 Å². The van der Waals surface area contributed by atoms with Gasteiger partial charge in [0.1, 0.15) is 11.9 Å². The molecule has 1 unspecified atom stereocenters. The van der Waals surface area contributed by atoms with Crippen molar-refractivity contribution in [3.05, 3.63) is 35.9 Å². The summed E-state index contributed by atoms with van der Waals surface area (Å²) in [6.07, 6.45) is 9.66. The molecule has 4 fully saturated rings. The predicted molar refractivity (Wildman–Crippen MR) is 96.0 cm³/mol. The summed E-state index contributed by atoms with van der Waals surface area (Å²) in [6.45, 7) is 0. The van der Waals surface area contributed by atoms with Gasteiger partial charge in [0.2, 0.25) is 0 Å². The van der Waals surface area contributed by atoms with Crippen LogP contribution in [0.2, 0.25) is 0 Å². The van der Waals surface area contributed by atoms with Gasteiger partial charge < -0.3 is 4.74 Å². The standard InChI is InChI=1S/C22H28O3/c23-20(12-11-16-7-3-1-4-8-16)22-14-17(15-22)13-19(22)21(24)25-18-9-5-2-6-10-18/h1,3-4,7-8,17-19H,2,5-6,9-15H2. The molecule has 2 bridgehead atoms. The molecule has 0 radical (unpaired) electrons. The number of fused-ring (bicyclic) bond motifs is 1. The maximum absolute atomic E-state index is 13.0. The van der Waals surface area contributed by atoms with E-state index in [0.29, 0.717) is 12.3 Å². The first-order valence-electron chi connectivity index (χ1n) is 9.95. The Morgan fingerprint density at radius 3 is 2.48 bits per heavy atom. The summed E-state index contributed by atoms with van der Waals surface area (Å²) >= 11 is 0. The van der Waals surface area contributed by atoms with Crippen LogP contribution in [-0.2, 0) is 20.7 Å². The van der Waals surface area contributed by atoms with Crippen molar-refractivity contribution in [3.8, 4) is 0 Å². The van der Waals surface area contributed by atoms with Crippen LogP contribution in [0.15, 0.2) is 30.3 Å². The van der Waals surface area contributed by atoms with E-state index in [4.69, 9.17) is 4.74 Å². The second-order valence-corrected chi connectivity index (χ2v) is 8.32. The van der Waals surface area contributed by atoms with Crippen LogP contribution < -0.4 is 0 Å². The number of aryl methyl sites for hydroxylation is 1. The lowest BCUT2D eigenvalue weighted by molar-refractivity contribution is -0.162. The molecule has 25 heavy (non-hydrogen) atoms. The fourth-order valence-electron chi connectivity index (χ4n) is 5.31. The number of carbonyl (C=O) groups is 2. The first kappa shape index (κ1) is 16.8. The molecular formula is C22H28O3. The van der Waals surface area contributed by atoms with E-state index in [9.17, 15) is 9.59 Å². The molecule has 0 saturated heterocycles. The van der Waals surface area contributed by atoms with Crippen LogP contribution in [0.4, 0.5) is 0 Å². The zero-order valence-corrected chi connectivity index (χ0v) is 14.9. The SMILES string of the molecule is O=C(OC1CCCCC1)C1CC2CC1(C(=O)CCc1ccccc1)C2.